The fraction of sp³-hybridized carbons (Fsp3) is 0.562. The van der Waals surface area contributed by atoms with Crippen molar-refractivity contribution in [2.45, 2.75) is 47.7 Å². The van der Waals surface area contributed by atoms with Gasteiger partial charge in [-0.2, -0.15) is 13.2 Å². The largest absolute Gasteiger partial charge is 0.442 e. The average molecular weight is 419 g/mol. The van der Waals surface area contributed by atoms with Gasteiger partial charge in [-0.05, 0) is 31.4 Å². The Bertz CT molecular complexity index is 920. The third-order valence-electron chi connectivity index (χ3n) is 5.08. The molecule has 1 aliphatic carbocycles. The van der Waals surface area contributed by atoms with E-state index in [0.717, 1.165) is 43.5 Å². The number of amides is 1. The number of benzene rings is 1. The van der Waals surface area contributed by atoms with Crippen LogP contribution in [-0.4, -0.2) is 45.4 Å². The van der Waals surface area contributed by atoms with E-state index in [1.807, 2.05) is 4.72 Å². The summed E-state index contributed by atoms with van der Waals surface area (Å²) < 4.78 is 76.8. The topological polar surface area (TPSA) is 106 Å². The minimum absolute atomic E-state index is 0.0703. The molecule has 2 heterocycles. The molecule has 1 aromatic carbocycles. The van der Waals surface area contributed by atoms with Crippen molar-refractivity contribution in [1.29, 1.82) is 0 Å². The highest BCUT2D eigenvalue weighted by Gasteiger charge is 2.65. The van der Waals surface area contributed by atoms with Crippen LogP contribution in [0.5, 0.6) is 0 Å². The van der Waals surface area contributed by atoms with E-state index in [1.54, 1.807) is 0 Å². The van der Waals surface area contributed by atoms with Gasteiger partial charge in [0.1, 0.15) is 0 Å². The fourth-order valence-electron chi connectivity index (χ4n) is 3.25. The molecular formula is C16H16F3N3O5S. The first-order valence-electron chi connectivity index (χ1n) is 8.51. The van der Waals surface area contributed by atoms with Crippen molar-refractivity contribution in [2.24, 2.45) is 10.2 Å². The number of sulfonamides is 1. The van der Waals surface area contributed by atoms with Gasteiger partial charge in [0.05, 0.1) is 23.7 Å². The Morgan fingerprint density at radius 1 is 1.18 bits per heavy atom. The third-order valence-corrected chi connectivity index (χ3v) is 6.44. The number of carbonyl (C=O) groups is 1. The third kappa shape index (κ3) is 3.18. The molecule has 0 aromatic heterocycles. The van der Waals surface area contributed by atoms with Gasteiger partial charge in [0.25, 0.3) is 15.9 Å². The van der Waals surface area contributed by atoms with Gasteiger partial charge in [-0.25, -0.2) is 13.1 Å². The lowest BCUT2D eigenvalue weighted by Crippen LogP contribution is -2.56. The summed E-state index contributed by atoms with van der Waals surface area (Å²) >= 11 is 0. The first-order valence-corrected chi connectivity index (χ1v) is 9.99. The highest BCUT2D eigenvalue weighted by atomic mass is 32.2. The molecule has 1 atom stereocenters. The number of halogens is 3. The number of hydrogen-bond donors (Lipinski definition) is 1. The molecule has 0 bridgehead atoms. The average Bonchev–Trinajstić information content (AvgIpc) is 3.42. The van der Waals surface area contributed by atoms with Crippen molar-refractivity contribution in [2.75, 3.05) is 13.2 Å². The van der Waals surface area contributed by atoms with E-state index in [4.69, 9.17) is 9.47 Å². The molecule has 3 aliphatic rings. The first kappa shape index (κ1) is 19.3. The molecule has 1 spiro atoms. The predicted octanol–water partition coefficient (Wildman–Crippen LogP) is 2.01. The zero-order valence-corrected chi connectivity index (χ0v) is 15.2. The maximum absolute atomic E-state index is 13.0. The van der Waals surface area contributed by atoms with Crippen LogP contribution in [0.3, 0.4) is 0 Å². The summed E-state index contributed by atoms with van der Waals surface area (Å²) in [6.07, 6.45) is -3.36. The predicted molar refractivity (Wildman–Crippen MR) is 86.6 cm³/mol. The van der Waals surface area contributed by atoms with Crippen LogP contribution in [0.1, 0.15) is 24.8 Å². The second-order valence-electron chi connectivity index (χ2n) is 7.02. The molecule has 1 amide bonds. The molecule has 28 heavy (non-hydrogen) atoms. The van der Waals surface area contributed by atoms with Crippen LogP contribution in [0.25, 0.3) is 0 Å². The van der Waals surface area contributed by atoms with Crippen LogP contribution < -0.4 is 4.72 Å². The zero-order valence-electron chi connectivity index (χ0n) is 14.4. The minimum atomic E-state index is -4.71. The molecule has 8 nitrogen and oxygen atoms in total. The molecule has 4 rings (SSSR count). The number of hydrogen-bond acceptors (Lipinski definition) is 7. The van der Waals surface area contributed by atoms with Gasteiger partial charge in [-0.3, -0.25) is 4.79 Å². The van der Waals surface area contributed by atoms with Crippen LogP contribution in [0.4, 0.5) is 13.2 Å². The first-order chi connectivity index (χ1) is 13.1. The quantitative estimate of drug-likeness (QED) is 0.804. The Morgan fingerprint density at radius 2 is 1.82 bits per heavy atom. The molecule has 1 unspecified atom stereocenters. The van der Waals surface area contributed by atoms with E-state index in [0.29, 0.717) is 6.61 Å². The van der Waals surface area contributed by atoms with Crippen molar-refractivity contribution in [3.63, 3.8) is 0 Å². The molecule has 152 valence electrons. The van der Waals surface area contributed by atoms with Gasteiger partial charge in [0.15, 0.2) is 6.10 Å². The smallest absolute Gasteiger partial charge is 0.375 e. The lowest BCUT2D eigenvalue weighted by atomic mass is 9.80. The maximum Gasteiger partial charge on any atom is 0.442 e. The standard InChI is InChI=1S/C16H16F3N3O5S/c17-16(18,19)15(21-22-15)10-2-4-11(5-3-10)28(24,25)20-13(23)12-8-26-9-14(27-12)6-1-7-14/h2-5,12H,1,6-9H2,(H,20,23). The molecule has 2 aliphatic heterocycles. The normalized spacial score (nSPS) is 25.2. The summed E-state index contributed by atoms with van der Waals surface area (Å²) in [5.41, 5.74) is -3.47. The second kappa shape index (κ2) is 6.22. The number of alkyl halides is 3. The van der Waals surface area contributed by atoms with E-state index in [2.05, 4.69) is 10.2 Å². The highest BCUT2D eigenvalue weighted by molar-refractivity contribution is 7.90. The zero-order chi connectivity index (χ0) is 20.2. The number of carbonyl (C=O) groups excluding carboxylic acids is 1. The van der Waals surface area contributed by atoms with Crippen LogP contribution in [0.15, 0.2) is 39.4 Å². The van der Waals surface area contributed by atoms with Gasteiger partial charge < -0.3 is 9.47 Å². The van der Waals surface area contributed by atoms with E-state index >= 15 is 0 Å². The van der Waals surface area contributed by atoms with Crippen molar-refractivity contribution in [3.8, 4) is 0 Å². The summed E-state index contributed by atoms with van der Waals surface area (Å²) in [5.74, 6) is -0.881. The lowest BCUT2D eigenvalue weighted by molar-refractivity contribution is -0.225. The number of ether oxygens (including phenoxy) is 2. The van der Waals surface area contributed by atoms with E-state index in [1.165, 1.54) is 0 Å². The molecule has 1 aromatic rings. The molecule has 1 N–H and O–H groups in total. The summed E-state index contributed by atoms with van der Waals surface area (Å²) in [6.45, 7) is 0.293. The van der Waals surface area contributed by atoms with Crippen LogP contribution in [0.2, 0.25) is 0 Å². The summed E-state index contributed by atoms with van der Waals surface area (Å²) in [5, 5.41) is 6.11. The Labute approximate surface area is 158 Å². The maximum atomic E-state index is 13.0. The Morgan fingerprint density at radius 3 is 2.32 bits per heavy atom. The van der Waals surface area contributed by atoms with Gasteiger partial charge in [-0.15, -0.1) is 10.2 Å². The van der Waals surface area contributed by atoms with E-state index in [9.17, 15) is 26.4 Å². The van der Waals surface area contributed by atoms with Crippen molar-refractivity contribution in [1.82, 2.24) is 4.72 Å². The number of nitrogens with one attached hydrogen (secondary N) is 1. The summed E-state index contributed by atoms with van der Waals surface area (Å²) in [6, 6.07) is 3.87. The summed E-state index contributed by atoms with van der Waals surface area (Å²) in [4.78, 5) is 11.9. The van der Waals surface area contributed by atoms with Crippen molar-refractivity contribution in [3.05, 3.63) is 29.8 Å². The second-order valence-corrected chi connectivity index (χ2v) is 8.70. The Hall–Kier alpha value is -2.05. The van der Waals surface area contributed by atoms with Gasteiger partial charge >= 0.3 is 11.8 Å². The summed E-state index contributed by atoms with van der Waals surface area (Å²) in [7, 11) is -4.29. The molecule has 0 radical (unpaired) electrons. The SMILES string of the molecule is O=C(NS(=O)(=O)c1ccc(C2(C(F)(F)F)N=N2)cc1)C1COCC2(CCC2)O1. The highest BCUT2D eigenvalue weighted by Crippen LogP contribution is 2.52. The number of nitrogens with zero attached hydrogens (tertiary/aromatic N) is 2. The fourth-order valence-corrected chi connectivity index (χ4v) is 4.26. The van der Waals surface area contributed by atoms with Crippen LogP contribution in [0, 0.1) is 0 Å². The van der Waals surface area contributed by atoms with Crippen molar-refractivity contribution < 1.29 is 35.9 Å². The van der Waals surface area contributed by atoms with Crippen molar-refractivity contribution >= 4 is 15.9 Å². The molecule has 2 fully saturated rings. The molecule has 12 heteroatoms. The van der Waals surface area contributed by atoms with Gasteiger partial charge in [-0.1, -0.05) is 12.1 Å². The Kier molecular flexibility index (Phi) is 4.28. The molecule has 1 saturated heterocycles. The molecular weight excluding hydrogens is 403 g/mol. The lowest BCUT2D eigenvalue weighted by Gasteiger charge is -2.46. The van der Waals surface area contributed by atoms with E-state index in [-0.39, 0.29) is 17.1 Å². The monoisotopic (exact) mass is 419 g/mol. The number of rotatable bonds is 4. The van der Waals surface area contributed by atoms with E-state index < -0.39 is 39.5 Å². The molecule has 1 saturated carbocycles. The van der Waals surface area contributed by atoms with Gasteiger partial charge in [0.2, 0.25) is 0 Å². The van der Waals surface area contributed by atoms with Crippen LogP contribution in [-0.2, 0) is 30.0 Å². The minimum Gasteiger partial charge on any atom is -0.375 e. The van der Waals surface area contributed by atoms with Gasteiger partial charge in [0, 0.05) is 5.56 Å². The Balaban J connectivity index is 1.46. The van der Waals surface area contributed by atoms with Crippen LogP contribution >= 0.6 is 0 Å².